The van der Waals surface area contributed by atoms with Crippen LogP contribution in [0.4, 0.5) is 0 Å². The average Bonchev–Trinajstić information content (AvgIpc) is 2.16. The van der Waals surface area contributed by atoms with Crippen molar-refractivity contribution < 1.29 is 9.53 Å². The van der Waals surface area contributed by atoms with E-state index >= 15 is 0 Å². The van der Waals surface area contributed by atoms with Crippen molar-refractivity contribution in [2.24, 2.45) is 0 Å². The lowest BCUT2D eigenvalue weighted by molar-refractivity contribution is -0.134. The fourth-order valence-electron chi connectivity index (χ4n) is 1.30. The third-order valence-electron chi connectivity index (χ3n) is 2.06. The van der Waals surface area contributed by atoms with Crippen LogP contribution in [0.1, 0.15) is 25.7 Å². The van der Waals surface area contributed by atoms with Crippen LogP contribution in [0.5, 0.6) is 0 Å². The molecule has 0 saturated heterocycles. The lowest BCUT2D eigenvalue weighted by Gasteiger charge is -2.12. The first-order chi connectivity index (χ1) is 6.24. The Morgan fingerprint density at radius 3 is 2.77 bits per heavy atom. The minimum absolute atomic E-state index is 0.293. The van der Waals surface area contributed by atoms with Crippen LogP contribution in [-0.4, -0.2) is 13.1 Å². The van der Waals surface area contributed by atoms with Gasteiger partial charge in [0.15, 0.2) is 0 Å². The first-order valence-corrected chi connectivity index (χ1v) is 5.17. The zero-order chi connectivity index (χ0) is 9.68. The molecular weight excluding hydrogens is 232 g/mol. The van der Waals surface area contributed by atoms with Crippen molar-refractivity contribution in [2.45, 2.75) is 25.7 Å². The van der Waals surface area contributed by atoms with Crippen molar-refractivity contribution in [3.8, 4) is 0 Å². The smallest absolute Gasteiger partial charge is 0.330 e. The van der Waals surface area contributed by atoms with Gasteiger partial charge in [0.25, 0.3) is 0 Å². The highest BCUT2D eigenvalue weighted by molar-refractivity contribution is 9.11. The van der Waals surface area contributed by atoms with Gasteiger partial charge in [-0.2, -0.15) is 0 Å². The van der Waals surface area contributed by atoms with Gasteiger partial charge in [0.1, 0.15) is 0 Å². The van der Waals surface area contributed by atoms with E-state index in [2.05, 4.69) is 20.7 Å². The Kier molecular flexibility index (Phi) is 4.22. The lowest BCUT2D eigenvalue weighted by Crippen LogP contribution is -1.97. The standard InChI is InChI=1S/C10H13BrO2/c1-13-10(12)7-6-8-4-2-3-5-9(8)11/h6-7H,2-5H2,1H3/b7-6+. The molecular formula is C10H13BrO2. The largest absolute Gasteiger partial charge is 0.466 e. The SMILES string of the molecule is COC(=O)/C=C/C1=C(Br)CCCC1. The number of esters is 1. The lowest BCUT2D eigenvalue weighted by atomic mass is 9.99. The summed E-state index contributed by atoms with van der Waals surface area (Å²) in [5.74, 6) is -0.293. The maximum Gasteiger partial charge on any atom is 0.330 e. The second-order valence-corrected chi connectivity index (χ2v) is 3.95. The number of halogens is 1. The highest BCUT2D eigenvalue weighted by Gasteiger charge is 2.07. The second-order valence-electron chi connectivity index (χ2n) is 2.99. The molecule has 1 aliphatic carbocycles. The summed E-state index contributed by atoms with van der Waals surface area (Å²) in [6, 6.07) is 0. The first kappa shape index (κ1) is 10.5. The summed E-state index contributed by atoms with van der Waals surface area (Å²) in [5, 5.41) is 0. The number of hydrogen-bond donors (Lipinski definition) is 0. The molecule has 13 heavy (non-hydrogen) atoms. The highest BCUT2D eigenvalue weighted by Crippen LogP contribution is 2.29. The van der Waals surface area contributed by atoms with Gasteiger partial charge in [-0.3, -0.25) is 0 Å². The molecule has 0 aromatic heterocycles. The molecule has 0 spiro atoms. The van der Waals surface area contributed by atoms with Crippen LogP contribution in [0.15, 0.2) is 22.2 Å². The van der Waals surface area contributed by atoms with Crippen LogP contribution < -0.4 is 0 Å². The molecule has 0 N–H and O–H groups in total. The molecule has 0 atom stereocenters. The van der Waals surface area contributed by atoms with E-state index < -0.39 is 0 Å². The Hall–Kier alpha value is -0.570. The Morgan fingerprint density at radius 2 is 2.15 bits per heavy atom. The van der Waals surface area contributed by atoms with E-state index in [1.807, 2.05) is 6.08 Å². The third kappa shape index (κ3) is 3.35. The predicted octanol–water partition coefficient (Wildman–Crippen LogP) is 2.94. The zero-order valence-electron chi connectivity index (χ0n) is 7.68. The number of ether oxygens (including phenoxy) is 1. The molecule has 2 nitrogen and oxygen atoms in total. The molecule has 1 rings (SSSR count). The first-order valence-electron chi connectivity index (χ1n) is 4.37. The van der Waals surface area contributed by atoms with Crippen LogP contribution in [0.3, 0.4) is 0 Å². The predicted molar refractivity (Wildman–Crippen MR) is 55.6 cm³/mol. The number of carbonyl (C=O) groups excluding carboxylic acids is 1. The van der Waals surface area contributed by atoms with Gasteiger partial charge in [0.2, 0.25) is 0 Å². The molecule has 0 aromatic rings. The van der Waals surface area contributed by atoms with E-state index in [0.717, 1.165) is 12.8 Å². The van der Waals surface area contributed by atoms with Crippen molar-refractivity contribution in [2.75, 3.05) is 7.11 Å². The number of methoxy groups -OCH3 is 1. The molecule has 1 aliphatic rings. The molecule has 0 amide bonds. The number of rotatable bonds is 2. The number of carbonyl (C=O) groups is 1. The summed E-state index contributed by atoms with van der Waals surface area (Å²) in [6.07, 6.45) is 7.89. The summed E-state index contributed by atoms with van der Waals surface area (Å²) in [4.78, 5) is 10.8. The van der Waals surface area contributed by atoms with Gasteiger partial charge in [-0.15, -0.1) is 0 Å². The highest BCUT2D eigenvalue weighted by atomic mass is 79.9. The zero-order valence-corrected chi connectivity index (χ0v) is 9.26. The van der Waals surface area contributed by atoms with Crippen LogP contribution in [0.2, 0.25) is 0 Å². The third-order valence-corrected chi connectivity index (χ3v) is 2.97. The Balaban J connectivity index is 2.61. The molecule has 0 radical (unpaired) electrons. The van der Waals surface area contributed by atoms with E-state index in [4.69, 9.17) is 0 Å². The Morgan fingerprint density at radius 1 is 1.46 bits per heavy atom. The van der Waals surface area contributed by atoms with E-state index in [1.54, 1.807) is 0 Å². The van der Waals surface area contributed by atoms with Gasteiger partial charge in [-0.05, 0) is 35.7 Å². The molecule has 3 heteroatoms. The van der Waals surface area contributed by atoms with Crippen molar-refractivity contribution >= 4 is 21.9 Å². The Bertz CT molecular complexity index is 254. The van der Waals surface area contributed by atoms with Crippen LogP contribution in [0.25, 0.3) is 0 Å². The summed E-state index contributed by atoms with van der Waals surface area (Å²) >= 11 is 3.50. The van der Waals surface area contributed by atoms with E-state index in [-0.39, 0.29) is 5.97 Å². The summed E-state index contributed by atoms with van der Waals surface area (Å²) < 4.78 is 5.73. The van der Waals surface area contributed by atoms with E-state index in [0.29, 0.717) is 0 Å². The van der Waals surface area contributed by atoms with Crippen LogP contribution in [-0.2, 0) is 9.53 Å². The number of hydrogen-bond acceptors (Lipinski definition) is 2. The average molecular weight is 245 g/mol. The quantitative estimate of drug-likeness (QED) is 0.552. The molecule has 0 saturated carbocycles. The number of allylic oxidation sites excluding steroid dienone is 3. The summed E-state index contributed by atoms with van der Waals surface area (Å²) in [6.45, 7) is 0. The van der Waals surface area contributed by atoms with Gasteiger partial charge in [0.05, 0.1) is 7.11 Å². The molecule has 0 unspecified atom stereocenters. The van der Waals surface area contributed by atoms with Gasteiger partial charge in [-0.25, -0.2) is 4.79 Å². The molecule has 72 valence electrons. The van der Waals surface area contributed by atoms with Gasteiger partial charge in [0, 0.05) is 6.08 Å². The van der Waals surface area contributed by atoms with Gasteiger partial charge < -0.3 is 4.74 Å². The molecule has 0 heterocycles. The minimum Gasteiger partial charge on any atom is -0.466 e. The fraction of sp³-hybridized carbons (Fsp3) is 0.500. The molecule has 0 aromatic carbocycles. The van der Waals surface area contributed by atoms with Gasteiger partial charge in [-0.1, -0.05) is 22.0 Å². The maximum atomic E-state index is 10.8. The second kappa shape index (κ2) is 5.22. The molecule has 0 aliphatic heterocycles. The normalized spacial score (nSPS) is 18.0. The van der Waals surface area contributed by atoms with Crippen LogP contribution in [0, 0.1) is 0 Å². The van der Waals surface area contributed by atoms with Crippen molar-refractivity contribution in [1.82, 2.24) is 0 Å². The van der Waals surface area contributed by atoms with E-state index in [1.165, 1.54) is 36.1 Å². The molecule has 0 bridgehead atoms. The van der Waals surface area contributed by atoms with Crippen molar-refractivity contribution in [3.63, 3.8) is 0 Å². The molecule has 0 fully saturated rings. The van der Waals surface area contributed by atoms with Gasteiger partial charge >= 0.3 is 5.97 Å². The van der Waals surface area contributed by atoms with Crippen LogP contribution >= 0.6 is 15.9 Å². The maximum absolute atomic E-state index is 10.8. The fourth-order valence-corrected chi connectivity index (χ4v) is 1.91. The van der Waals surface area contributed by atoms with E-state index in [9.17, 15) is 4.79 Å². The minimum atomic E-state index is -0.293. The monoisotopic (exact) mass is 244 g/mol. The Labute approximate surface area is 86.8 Å². The summed E-state index contributed by atoms with van der Waals surface area (Å²) in [5.41, 5.74) is 1.22. The van der Waals surface area contributed by atoms with Crippen molar-refractivity contribution in [1.29, 1.82) is 0 Å². The summed E-state index contributed by atoms with van der Waals surface area (Å²) in [7, 11) is 1.39. The topological polar surface area (TPSA) is 26.3 Å². The van der Waals surface area contributed by atoms with Crippen molar-refractivity contribution in [3.05, 3.63) is 22.2 Å².